The van der Waals surface area contributed by atoms with E-state index in [1.54, 1.807) is 0 Å². The summed E-state index contributed by atoms with van der Waals surface area (Å²) in [6.45, 7) is 8.52. The van der Waals surface area contributed by atoms with E-state index in [4.69, 9.17) is 9.97 Å². The molecule has 143 valence electrons. The maximum Gasteiger partial charge on any atom is 0.128 e. The van der Waals surface area contributed by atoms with E-state index in [0.717, 1.165) is 31.5 Å². The summed E-state index contributed by atoms with van der Waals surface area (Å²) < 4.78 is 0. The van der Waals surface area contributed by atoms with Crippen molar-refractivity contribution in [2.24, 2.45) is 0 Å². The molecule has 0 spiro atoms. The molecule has 25 heavy (non-hydrogen) atoms. The fourth-order valence-electron chi connectivity index (χ4n) is 3.31. The molecule has 0 aliphatic rings. The lowest BCUT2D eigenvalue weighted by Crippen LogP contribution is -2.04. The Morgan fingerprint density at radius 1 is 0.640 bits per heavy atom. The normalized spacial score (nSPS) is 11.2. The molecule has 0 aromatic carbocycles. The third kappa shape index (κ3) is 11.3. The van der Waals surface area contributed by atoms with Crippen LogP contribution in [0.2, 0.25) is 0 Å². The van der Waals surface area contributed by atoms with Crippen molar-refractivity contribution in [3.63, 3.8) is 0 Å². The van der Waals surface area contributed by atoms with Gasteiger partial charge < -0.3 is 0 Å². The number of hydrogen-bond donors (Lipinski definition) is 0. The highest BCUT2D eigenvalue weighted by Gasteiger charge is 2.05. The molecule has 0 aliphatic heterocycles. The molecule has 0 saturated heterocycles. The third-order valence-corrected chi connectivity index (χ3v) is 4.85. The summed E-state index contributed by atoms with van der Waals surface area (Å²) in [6.07, 6.45) is 20.1. The predicted octanol–water partition coefficient (Wildman–Crippen LogP) is 7.05. The number of aryl methyl sites for hydroxylation is 3. The Kier molecular flexibility index (Phi) is 13.6. The lowest BCUT2D eigenvalue weighted by atomic mass is 10.1. The van der Waals surface area contributed by atoms with Crippen LogP contribution >= 0.6 is 0 Å². The van der Waals surface area contributed by atoms with Gasteiger partial charge in [0.2, 0.25) is 0 Å². The molecule has 1 radical (unpaired) electrons. The standard InChI is InChI=1S/C23H41N2/c1-4-7-9-11-13-15-18-21-20-22(25-23(24-21)17-6-3)19-16-14-12-10-8-5-2/h20H,3-19H2,1-2H3. The molecule has 0 atom stereocenters. The van der Waals surface area contributed by atoms with Crippen LogP contribution in [0, 0.1) is 6.92 Å². The Bertz CT molecular complexity index is 394. The van der Waals surface area contributed by atoms with Gasteiger partial charge in [-0.3, -0.25) is 0 Å². The van der Waals surface area contributed by atoms with Crippen LogP contribution in [-0.4, -0.2) is 9.97 Å². The number of unbranched alkanes of at least 4 members (excludes halogenated alkanes) is 10. The second-order valence-corrected chi connectivity index (χ2v) is 7.41. The topological polar surface area (TPSA) is 25.8 Å². The Balaban J connectivity index is 2.41. The SMILES string of the molecule is [CH2]CCc1nc(CCCCCCCC)cc(CCCCCCCC)n1. The summed E-state index contributed by atoms with van der Waals surface area (Å²) in [6, 6.07) is 2.27. The van der Waals surface area contributed by atoms with Crippen LogP contribution < -0.4 is 0 Å². The Labute approximate surface area is 157 Å². The fourth-order valence-corrected chi connectivity index (χ4v) is 3.31. The second kappa shape index (κ2) is 15.3. The Hall–Kier alpha value is -0.920. The van der Waals surface area contributed by atoms with Crippen LogP contribution in [0.25, 0.3) is 0 Å². The van der Waals surface area contributed by atoms with Gasteiger partial charge in [-0.2, -0.15) is 0 Å². The molecule has 1 aromatic heterocycles. The van der Waals surface area contributed by atoms with Gasteiger partial charge >= 0.3 is 0 Å². The first kappa shape index (κ1) is 22.1. The van der Waals surface area contributed by atoms with Gasteiger partial charge in [0, 0.05) is 17.8 Å². The molecule has 1 rings (SSSR count). The number of nitrogens with zero attached hydrogens (tertiary/aromatic N) is 2. The first-order chi connectivity index (χ1) is 12.3. The lowest BCUT2D eigenvalue weighted by Gasteiger charge is -2.08. The summed E-state index contributed by atoms with van der Waals surface area (Å²) in [7, 11) is 0. The summed E-state index contributed by atoms with van der Waals surface area (Å²) >= 11 is 0. The molecule has 0 fully saturated rings. The quantitative estimate of drug-likeness (QED) is 0.300. The molecule has 0 N–H and O–H groups in total. The largest absolute Gasteiger partial charge is 0.238 e. The maximum atomic E-state index is 4.77. The van der Waals surface area contributed by atoms with Crippen LogP contribution in [0.15, 0.2) is 6.07 Å². The average molecular weight is 346 g/mol. The number of rotatable bonds is 16. The van der Waals surface area contributed by atoms with Gasteiger partial charge in [-0.05, 0) is 38.2 Å². The van der Waals surface area contributed by atoms with Crippen molar-refractivity contribution in [2.75, 3.05) is 0 Å². The van der Waals surface area contributed by atoms with Gasteiger partial charge in [0.1, 0.15) is 5.82 Å². The maximum absolute atomic E-state index is 4.77. The minimum absolute atomic E-state index is 0.886. The highest BCUT2D eigenvalue weighted by Crippen LogP contribution is 2.13. The summed E-state index contributed by atoms with van der Waals surface area (Å²) in [5.74, 6) is 1.01. The van der Waals surface area contributed by atoms with Crippen LogP contribution in [0.4, 0.5) is 0 Å². The minimum atomic E-state index is 0.886. The average Bonchev–Trinajstić information content (AvgIpc) is 2.61. The van der Waals surface area contributed by atoms with E-state index in [1.807, 2.05) is 0 Å². The van der Waals surface area contributed by atoms with Crippen molar-refractivity contribution in [2.45, 2.75) is 117 Å². The molecule has 0 amide bonds. The summed E-state index contributed by atoms with van der Waals surface area (Å²) in [5, 5.41) is 0. The monoisotopic (exact) mass is 345 g/mol. The first-order valence-electron chi connectivity index (χ1n) is 10.9. The van der Waals surface area contributed by atoms with Crippen molar-refractivity contribution in [3.05, 3.63) is 30.2 Å². The van der Waals surface area contributed by atoms with E-state index in [1.165, 1.54) is 88.4 Å². The zero-order chi connectivity index (χ0) is 18.2. The van der Waals surface area contributed by atoms with Crippen LogP contribution in [0.3, 0.4) is 0 Å². The first-order valence-corrected chi connectivity index (χ1v) is 10.9. The summed E-state index contributed by atoms with van der Waals surface area (Å²) in [5.41, 5.74) is 2.52. The highest BCUT2D eigenvalue weighted by atomic mass is 14.9. The van der Waals surface area contributed by atoms with Crippen molar-refractivity contribution >= 4 is 0 Å². The Morgan fingerprint density at radius 2 is 1.08 bits per heavy atom. The Morgan fingerprint density at radius 3 is 1.52 bits per heavy atom. The zero-order valence-electron chi connectivity index (χ0n) is 17.0. The van der Waals surface area contributed by atoms with E-state index in [-0.39, 0.29) is 0 Å². The van der Waals surface area contributed by atoms with Gasteiger partial charge in [0.15, 0.2) is 0 Å². The number of hydrogen-bond acceptors (Lipinski definition) is 2. The molecule has 2 heteroatoms. The molecule has 0 bridgehead atoms. The third-order valence-electron chi connectivity index (χ3n) is 4.85. The smallest absolute Gasteiger partial charge is 0.128 e. The molecule has 0 unspecified atom stereocenters. The van der Waals surface area contributed by atoms with E-state index < -0.39 is 0 Å². The van der Waals surface area contributed by atoms with Crippen molar-refractivity contribution in [1.82, 2.24) is 9.97 Å². The number of aromatic nitrogens is 2. The highest BCUT2D eigenvalue weighted by molar-refractivity contribution is 5.12. The predicted molar refractivity (Wildman–Crippen MR) is 110 cm³/mol. The zero-order valence-corrected chi connectivity index (χ0v) is 17.0. The second-order valence-electron chi connectivity index (χ2n) is 7.41. The molecular formula is C23H41N2. The summed E-state index contributed by atoms with van der Waals surface area (Å²) in [4.78, 5) is 9.55. The van der Waals surface area contributed by atoms with E-state index in [2.05, 4.69) is 26.8 Å². The van der Waals surface area contributed by atoms with E-state index in [0.29, 0.717) is 0 Å². The van der Waals surface area contributed by atoms with Crippen molar-refractivity contribution < 1.29 is 0 Å². The van der Waals surface area contributed by atoms with Gasteiger partial charge in [-0.15, -0.1) is 0 Å². The van der Waals surface area contributed by atoms with Crippen LogP contribution in [0.1, 0.15) is 115 Å². The molecule has 1 heterocycles. The molecule has 0 aliphatic carbocycles. The molecule has 0 saturated carbocycles. The molecule has 1 aromatic rings. The van der Waals surface area contributed by atoms with E-state index in [9.17, 15) is 0 Å². The van der Waals surface area contributed by atoms with Crippen LogP contribution in [-0.2, 0) is 19.3 Å². The van der Waals surface area contributed by atoms with Gasteiger partial charge in [0.05, 0.1) is 0 Å². The fraction of sp³-hybridized carbons (Fsp3) is 0.783. The van der Waals surface area contributed by atoms with Gasteiger partial charge in [-0.25, -0.2) is 9.97 Å². The van der Waals surface area contributed by atoms with Crippen LogP contribution in [0.5, 0.6) is 0 Å². The molecule has 2 nitrogen and oxygen atoms in total. The molecular weight excluding hydrogens is 304 g/mol. The van der Waals surface area contributed by atoms with Gasteiger partial charge in [0.25, 0.3) is 0 Å². The minimum Gasteiger partial charge on any atom is -0.238 e. The van der Waals surface area contributed by atoms with Crippen molar-refractivity contribution in [1.29, 1.82) is 0 Å². The van der Waals surface area contributed by atoms with Gasteiger partial charge in [-0.1, -0.05) is 85.0 Å². The lowest BCUT2D eigenvalue weighted by molar-refractivity contribution is 0.597. The van der Waals surface area contributed by atoms with E-state index >= 15 is 0 Å². The van der Waals surface area contributed by atoms with Crippen molar-refractivity contribution in [3.8, 4) is 0 Å².